The zero-order chi connectivity index (χ0) is 19.6. The lowest BCUT2D eigenvalue weighted by molar-refractivity contribution is -0.116. The minimum atomic E-state index is -0.589. The predicted molar refractivity (Wildman–Crippen MR) is 102 cm³/mol. The fourth-order valence-corrected chi connectivity index (χ4v) is 2.88. The largest absolute Gasteiger partial charge is 0.462 e. The summed E-state index contributed by atoms with van der Waals surface area (Å²) in [6.45, 7) is 2.21. The summed E-state index contributed by atoms with van der Waals surface area (Å²) >= 11 is 1.10. The second-order valence-corrected chi connectivity index (χ2v) is 6.19. The summed E-state index contributed by atoms with van der Waals surface area (Å²) in [5.41, 5.74) is 6.59. The van der Waals surface area contributed by atoms with Gasteiger partial charge in [0.05, 0.1) is 24.8 Å². The highest BCUT2D eigenvalue weighted by molar-refractivity contribution is 7.99. The van der Waals surface area contributed by atoms with Crippen molar-refractivity contribution in [2.45, 2.75) is 18.5 Å². The van der Waals surface area contributed by atoms with Crippen LogP contribution in [0.25, 0.3) is 0 Å². The second-order valence-electron chi connectivity index (χ2n) is 5.25. The number of nitriles is 1. The number of amides is 1. The van der Waals surface area contributed by atoms with Gasteiger partial charge in [0.1, 0.15) is 11.4 Å². The molecule has 0 aliphatic carbocycles. The lowest BCUT2D eigenvalue weighted by atomic mass is 10.2. The molecule has 140 valence electrons. The van der Waals surface area contributed by atoms with E-state index in [0.717, 1.165) is 17.4 Å². The molecule has 0 aliphatic heterocycles. The van der Waals surface area contributed by atoms with Crippen molar-refractivity contribution in [3.63, 3.8) is 0 Å². The molecule has 0 saturated heterocycles. The van der Waals surface area contributed by atoms with Gasteiger partial charge in [-0.15, -0.1) is 0 Å². The first kappa shape index (κ1) is 20.2. The first-order valence-corrected chi connectivity index (χ1v) is 9.20. The average molecular weight is 385 g/mol. The molecule has 9 heteroatoms. The molecule has 0 fully saturated rings. The van der Waals surface area contributed by atoms with E-state index >= 15 is 0 Å². The SMILES string of the molecule is CCOC(=O)c1cnc(SCC(=O)N(CCC#N)c2ccccc2)nc1N. The molecular formula is C18H19N5O3S. The molecule has 1 heterocycles. The van der Waals surface area contributed by atoms with Crippen LogP contribution in [0, 0.1) is 11.3 Å². The third-order valence-corrected chi connectivity index (χ3v) is 4.28. The number of thioether (sulfide) groups is 1. The second kappa shape index (κ2) is 10.1. The van der Waals surface area contributed by atoms with Gasteiger partial charge in [0, 0.05) is 18.4 Å². The highest BCUT2D eigenvalue weighted by Gasteiger charge is 2.18. The van der Waals surface area contributed by atoms with Gasteiger partial charge in [-0.25, -0.2) is 14.8 Å². The molecule has 0 atom stereocenters. The van der Waals surface area contributed by atoms with E-state index in [2.05, 4.69) is 9.97 Å². The van der Waals surface area contributed by atoms with Gasteiger partial charge in [0.2, 0.25) is 5.91 Å². The van der Waals surface area contributed by atoms with Crippen molar-refractivity contribution in [2.24, 2.45) is 0 Å². The van der Waals surface area contributed by atoms with Crippen LogP contribution in [-0.4, -0.2) is 40.7 Å². The number of carbonyl (C=O) groups excluding carboxylic acids is 2. The summed E-state index contributed by atoms with van der Waals surface area (Å²) < 4.78 is 4.87. The number of nitrogens with two attached hydrogens (primary N) is 1. The quantitative estimate of drug-likeness (QED) is 0.417. The number of para-hydroxylation sites is 1. The van der Waals surface area contributed by atoms with Crippen molar-refractivity contribution in [3.05, 3.63) is 42.1 Å². The van der Waals surface area contributed by atoms with Crippen LogP contribution in [-0.2, 0) is 9.53 Å². The maximum Gasteiger partial charge on any atom is 0.343 e. The number of anilines is 2. The number of hydrogen-bond acceptors (Lipinski definition) is 8. The Balaban J connectivity index is 2.05. The molecule has 1 aromatic heterocycles. The summed E-state index contributed by atoms with van der Waals surface area (Å²) in [6, 6.07) is 11.2. The lowest BCUT2D eigenvalue weighted by Gasteiger charge is -2.21. The Morgan fingerprint density at radius 1 is 1.33 bits per heavy atom. The molecule has 2 N–H and O–H groups in total. The summed E-state index contributed by atoms with van der Waals surface area (Å²) in [5.74, 6) is -0.700. The fraction of sp³-hybridized carbons (Fsp3) is 0.278. The minimum Gasteiger partial charge on any atom is -0.462 e. The van der Waals surface area contributed by atoms with E-state index in [0.29, 0.717) is 6.54 Å². The highest BCUT2D eigenvalue weighted by Crippen LogP contribution is 2.20. The third-order valence-electron chi connectivity index (χ3n) is 3.43. The summed E-state index contributed by atoms with van der Waals surface area (Å²) in [4.78, 5) is 34.0. The predicted octanol–water partition coefficient (Wildman–Crippen LogP) is 2.27. The van der Waals surface area contributed by atoms with Crippen LogP contribution in [0.15, 0.2) is 41.7 Å². The Morgan fingerprint density at radius 2 is 2.07 bits per heavy atom. The van der Waals surface area contributed by atoms with Crippen LogP contribution in [0.1, 0.15) is 23.7 Å². The van der Waals surface area contributed by atoms with Crippen molar-refractivity contribution in [3.8, 4) is 6.07 Å². The van der Waals surface area contributed by atoms with E-state index in [4.69, 9.17) is 15.7 Å². The fourth-order valence-electron chi connectivity index (χ4n) is 2.19. The zero-order valence-electron chi connectivity index (χ0n) is 14.8. The van der Waals surface area contributed by atoms with Gasteiger partial charge in [-0.05, 0) is 19.1 Å². The number of hydrogen-bond donors (Lipinski definition) is 1. The van der Waals surface area contributed by atoms with Crippen LogP contribution in [0.5, 0.6) is 0 Å². The molecule has 0 aliphatic rings. The van der Waals surface area contributed by atoms with E-state index in [1.54, 1.807) is 11.8 Å². The number of rotatable bonds is 8. The first-order valence-electron chi connectivity index (χ1n) is 8.21. The third kappa shape index (κ3) is 5.69. The van der Waals surface area contributed by atoms with Gasteiger partial charge in [-0.3, -0.25) is 4.79 Å². The van der Waals surface area contributed by atoms with E-state index in [1.165, 1.54) is 6.20 Å². The molecular weight excluding hydrogens is 366 g/mol. The average Bonchev–Trinajstić information content (AvgIpc) is 2.67. The maximum atomic E-state index is 12.6. The minimum absolute atomic E-state index is 0.00259. The van der Waals surface area contributed by atoms with Crippen molar-refractivity contribution in [2.75, 3.05) is 29.5 Å². The molecule has 27 heavy (non-hydrogen) atoms. The number of nitrogens with zero attached hydrogens (tertiary/aromatic N) is 4. The van der Waals surface area contributed by atoms with Crippen molar-refractivity contribution in [1.82, 2.24) is 9.97 Å². The van der Waals surface area contributed by atoms with Crippen molar-refractivity contribution >= 4 is 35.1 Å². The summed E-state index contributed by atoms with van der Waals surface area (Å²) in [5, 5.41) is 9.11. The van der Waals surface area contributed by atoms with Gasteiger partial charge in [0.25, 0.3) is 0 Å². The molecule has 2 aromatic rings. The van der Waals surface area contributed by atoms with Gasteiger partial charge in [-0.1, -0.05) is 30.0 Å². The number of esters is 1. The molecule has 1 amide bonds. The highest BCUT2D eigenvalue weighted by atomic mass is 32.2. The molecule has 0 unspecified atom stereocenters. The first-order chi connectivity index (χ1) is 13.1. The molecule has 2 rings (SSSR count). The number of ether oxygens (including phenoxy) is 1. The summed E-state index contributed by atoms with van der Waals surface area (Å²) in [6.07, 6.45) is 1.51. The van der Waals surface area contributed by atoms with E-state index in [1.807, 2.05) is 36.4 Å². The Bertz CT molecular complexity index is 839. The monoisotopic (exact) mass is 385 g/mol. The number of nitrogen functional groups attached to an aromatic ring is 1. The molecule has 0 saturated carbocycles. The lowest BCUT2D eigenvalue weighted by Crippen LogP contribution is -2.33. The topological polar surface area (TPSA) is 122 Å². The van der Waals surface area contributed by atoms with E-state index in [-0.39, 0.29) is 41.2 Å². The molecule has 0 spiro atoms. The standard InChI is InChI=1S/C18H19N5O3S/c1-2-26-17(25)14-11-21-18(22-16(14)20)27-12-15(24)23(10-6-9-19)13-7-4-3-5-8-13/h3-5,7-8,11H,2,6,10,12H2,1H3,(H2,20,21,22). The molecule has 0 bridgehead atoms. The normalized spacial score (nSPS) is 10.1. The number of benzene rings is 1. The van der Waals surface area contributed by atoms with Crippen LogP contribution in [0.2, 0.25) is 0 Å². The van der Waals surface area contributed by atoms with Gasteiger partial charge in [-0.2, -0.15) is 5.26 Å². The zero-order valence-corrected chi connectivity index (χ0v) is 15.6. The molecule has 0 radical (unpaired) electrons. The Morgan fingerprint density at radius 3 is 2.70 bits per heavy atom. The molecule has 1 aromatic carbocycles. The van der Waals surface area contributed by atoms with Crippen LogP contribution < -0.4 is 10.6 Å². The van der Waals surface area contributed by atoms with Gasteiger partial charge >= 0.3 is 5.97 Å². The van der Waals surface area contributed by atoms with Gasteiger partial charge in [0.15, 0.2) is 5.16 Å². The van der Waals surface area contributed by atoms with Crippen LogP contribution in [0.3, 0.4) is 0 Å². The van der Waals surface area contributed by atoms with Crippen molar-refractivity contribution in [1.29, 1.82) is 5.26 Å². The summed E-state index contributed by atoms with van der Waals surface area (Å²) in [7, 11) is 0. The van der Waals surface area contributed by atoms with E-state index < -0.39 is 5.97 Å². The van der Waals surface area contributed by atoms with Gasteiger partial charge < -0.3 is 15.4 Å². The Kier molecular flexibility index (Phi) is 7.58. The van der Waals surface area contributed by atoms with E-state index in [9.17, 15) is 9.59 Å². The maximum absolute atomic E-state index is 12.6. The Labute approximate surface area is 161 Å². The number of aromatic nitrogens is 2. The Hall–Kier alpha value is -3.12. The molecule has 8 nitrogen and oxygen atoms in total. The van der Waals surface area contributed by atoms with Crippen molar-refractivity contribution < 1.29 is 14.3 Å². The smallest absolute Gasteiger partial charge is 0.343 e. The number of carbonyl (C=O) groups is 2. The van der Waals surface area contributed by atoms with Crippen LogP contribution in [0.4, 0.5) is 11.5 Å². The van der Waals surface area contributed by atoms with Crippen LogP contribution >= 0.6 is 11.8 Å².